The van der Waals surface area contributed by atoms with Crippen LogP contribution in [0.4, 0.5) is 0 Å². The summed E-state index contributed by atoms with van der Waals surface area (Å²) in [4.78, 5) is 5.34. The standard InChI is InChI=1S/C16H32N2O/c1-13(2)17-9-5-15(6-10-17)18-11-7-16(8-12-18)19-14(3)4/h13-16H,5-12H2,1-4H3. The fourth-order valence-electron chi connectivity index (χ4n) is 3.53. The Hall–Kier alpha value is -0.120. The molecule has 3 nitrogen and oxygen atoms in total. The normalized spacial score (nSPS) is 25.6. The molecule has 0 unspecified atom stereocenters. The van der Waals surface area contributed by atoms with Gasteiger partial charge in [0.1, 0.15) is 0 Å². The summed E-state index contributed by atoms with van der Waals surface area (Å²) in [7, 11) is 0. The Labute approximate surface area is 119 Å². The third-order valence-electron chi connectivity index (χ3n) is 4.69. The van der Waals surface area contributed by atoms with Gasteiger partial charge in [-0.1, -0.05) is 0 Å². The third-order valence-corrected chi connectivity index (χ3v) is 4.69. The molecule has 2 aliphatic heterocycles. The third kappa shape index (κ3) is 4.44. The number of piperidine rings is 2. The summed E-state index contributed by atoms with van der Waals surface area (Å²) in [5.41, 5.74) is 0. The second-order valence-electron chi connectivity index (χ2n) is 6.78. The van der Waals surface area contributed by atoms with Crippen molar-refractivity contribution in [3.8, 4) is 0 Å². The average Bonchev–Trinajstić information content (AvgIpc) is 2.39. The summed E-state index contributed by atoms with van der Waals surface area (Å²) in [6.07, 6.45) is 6.05. The van der Waals surface area contributed by atoms with E-state index in [9.17, 15) is 0 Å². The van der Waals surface area contributed by atoms with Crippen molar-refractivity contribution >= 4 is 0 Å². The second kappa shape index (κ2) is 7.05. The van der Waals surface area contributed by atoms with Crippen LogP contribution in [0.2, 0.25) is 0 Å². The molecule has 0 spiro atoms. The number of rotatable bonds is 4. The van der Waals surface area contributed by atoms with Crippen molar-refractivity contribution in [3.63, 3.8) is 0 Å². The van der Waals surface area contributed by atoms with Gasteiger partial charge in [-0.2, -0.15) is 0 Å². The van der Waals surface area contributed by atoms with Gasteiger partial charge in [0.25, 0.3) is 0 Å². The van der Waals surface area contributed by atoms with Crippen molar-refractivity contribution in [1.82, 2.24) is 9.80 Å². The molecule has 2 heterocycles. The van der Waals surface area contributed by atoms with Crippen LogP contribution in [-0.4, -0.2) is 60.3 Å². The molecule has 0 radical (unpaired) electrons. The van der Waals surface area contributed by atoms with Gasteiger partial charge >= 0.3 is 0 Å². The highest BCUT2D eigenvalue weighted by atomic mass is 16.5. The van der Waals surface area contributed by atoms with Crippen LogP contribution < -0.4 is 0 Å². The van der Waals surface area contributed by atoms with Gasteiger partial charge in [0.05, 0.1) is 12.2 Å². The lowest BCUT2D eigenvalue weighted by Crippen LogP contribution is -2.50. The van der Waals surface area contributed by atoms with E-state index in [0.717, 1.165) is 6.04 Å². The molecular formula is C16H32N2O. The molecule has 0 saturated carbocycles. The molecule has 0 atom stereocenters. The van der Waals surface area contributed by atoms with Gasteiger partial charge in [-0.05, 0) is 66.5 Å². The number of hydrogen-bond donors (Lipinski definition) is 0. The van der Waals surface area contributed by atoms with Gasteiger partial charge in [0.2, 0.25) is 0 Å². The minimum atomic E-state index is 0.380. The van der Waals surface area contributed by atoms with Crippen molar-refractivity contribution < 1.29 is 4.74 Å². The van der Waals surface area contributed by atoms with Crippen molar-refractivity contribution in [1.29, 1.82) is 0 Å². The van der Waals surface area contributed by atoms with Crippen LogP contribution in [0.15, 0.2) is 0 Å². The smallest absolute Gasteiger partial charge is 0.0603 e. The van der Waals surface area contributed by atoms with Gasteiger partial charge in [0.15, 0.2) is 0 Å². The van der Waals surface area contributed by atoms with E-state index in [2.05, 4.69) is 37.5 Å². The highest BCUT2D eigenvalue weighted by Crippen LogP contribution is 2.23. The Morgan fingerprint density at radius 3 is 1.89 bits per heavy atom. The molecule has 0 aliphatic carbocycles. The Kier molecular flexibility index (Phi) is 5.67. The molecule has 2 rings (SSSR count). The number of hydrogen-bond acceptors (Lipinski definition) is 3. The van der Waals surface area contributed by atoms with Crippen molar-refractivity contribution in [2.45, 2.75) is 77.7 Å². The van der Waals surface area contributed by atoms with Gasteiger partial charge in [-0.3, -0.25) is 0 Å². The summed E-state index contributed by atoms with van der Waals surface area (Å²) < 4.78 is 5.94. The van der Waals surface area contributed by atoms with Crippen LogP contribution in [0, 0.1) is 0 Å². The fourth-order valence-corrected chi connectivity index (χ4v) is 3.53. The van der Waals surface area contributed by atoms with Crippen LogP contribution in [0.1, 0.15) is 53.4 Å². The topological polar surface area (TPSA) is 15.7 Å². The lowest BCUT2D eigenvalue weighted by molar-refractivity contribution is -0.0383. The summed E-state index contributed by atoms with van der Waals surface area (Å²) in [6, 6.07) is 1.54. The van der Waals surface area contributed by atoms with Crippen LogP contribution in [-0.2, 0) is 4.74 Å². The molecule has 2 aliphatic rings. The van der Waals surface area contributed by atoms with Gasteiger partial charge in [-0.25, -0.2) is 0 Å². The molecule has 2 saturated heterocycles. The van der Waals surface area contributed by atoms with Gasteiger partial charge < -0.3 is 14.5 Å². The zero-order valence-corrected chi connectivity index (χ0v) is 13.3. The van der Waals surface area contributed by atoms with E-state index in [1.165, 1.54) is 51.9 Å². The number of nitrogens with zero attached hydrogens (tertiary/aromatic N) is 2. The first-order valence-electron chi connectivity index (χ1n) is 8.20. The Bertz CT molecular complexity index is 251. The maximum atomic E-state index is 5.94. The first-order chi connectivity index (χ1) is 9.06. The zero-order valence-electron chi connectivity index (χ0n) is 13.3. The highest BCUT2D eigenvalue weighted by Gasteiger charge is 2.29. The minimum absolute atomic E-state index is 0.380. The average molecular weight is 268 g/mol. The van der Waals surface area contributed by atoms with E-state index in [0.29, 0.717) is 18.2 Å². The lowest BCUT2D eigenvalue weighted by atomic mass is 9.98. The summed E-state index contributed by atoms with van der Waals surface area (Å²) in [5.74, 6) is 0. The van der Waals surface area contributed by atoms with E-state index in [4.69, 9.17) is 4.74 Å². The second-order valence-corrected chi connectivity index (χ2v) is 6.78. The lowest BCUT2D eigenvalue weighted by Gasteiger charge is -2.42. The van der Waals surface area contributed by atoms with Crippen molar-refractivity contribution in [2.24, 2.45) is 0 Å². The molecule has 2 fully saturated rings. The van der Waals surface area contributed by atoms with E-state index in [1.807, 2.05) is 0 Å². The first kappa shape index (κ1) is 15.3. The van der Waals surface area contributed by atoms with Gasteiger partial charge in [-0.15, -0.1) is 0 Å². The van der Waals surface area contributed by atoms with Crippen molar-refractivity contribution in [2.75, 3.05) is 26.2 Å². The van der Waals surface area contributed by atoms with E-state index in [1.54, 1.807) is 0 Å². The monoisotopic (exact) mass is 268 g/mol. The maximum Gasteiger partial charge on any atom is 0.0603 e. The molecule has 0 amide bonds. The molecule has 19 heavy (non-hydrogen) atoms. The van der Waals surface area contributed by atoms with Crippen LogP contribution in [0.5, 0.6) is 0 Å². The minimum Gasteiger partial charge on any atom is -0.375 e. The van der Waals surface area contributed by atoms with E-state index < -0.39 is 0 Å². The number of ether oxygens (including phenoxy) is 1. The molecule has 0 bridgehead atoms. The van der Waals surface area contributed by atoms with E-state index >= 15 is 0 Å². The quantitative estimate of drug-likeness (QED) is 0.780. The summed E-state index contributed by atoms with van der Waals surface area (Å²) >= 11 is 0. The van der Waals surface area contributed by atoms with Crippen LogP contribution in [0.25, 0.3) is 0 Å². The summed E-state index contributed by atoms with van der Waals surface area (Å²) in [5, 5.41) is 0. The predicted octanol–water partition coefficient (Wildman–Crippen LogP) is 2.75. The molecule has 0 aromatic rings. The molecule has 112 valence electrons. The Morgan fingerprint density at radius 2 is 1.42 bits per heavy atom. The van der Waals surface area contributed by atoms with E-state index in [-0.39, 0.29) is 0 Å². The van der Waals surface area contributed by atoms with Crippen LogP contribution in [0.3, 0.4) is 0 Å². The summed E-state index contributed by atoms with van der Waals surface area (Å²) in [6.45, 7) is 14.0. The zero-order chi connectivity index (χ0) is 13.8. The number of likely N-dealkylation sites (tertiary alicyclic amines) is 2. The molecule has 0 aromatic carbocycles. The molecule has 3 heteroatoms. The molecule has 0 N–H and O–H groups in total. The Balaban J connectivity index is 1.71. The first-order valence-corrected chi connectivity index (χ1v) is 8.20. The van der Waals surface area contributed by atoms with Crippen molar-refractivity contribution in [3.05, 3.63) is 0 Å². The van der Waals surface area contributed by atoms with Gasteiger partial charge in [0, 0.05) is 25.2 Å². The highest BCUT2D eigenvalue weighted by molar-refractivity contribution is 4.84. The SMILES string of the molecule is CC(C)OC1CCN(C2CCN(C(C)C)CC2)CC1. The fraction of sp³-hybridized carbons (Fsp3) is 1.00. The maximum absolute atomic E-state index is 5.94. The van der Waals surface area contributed by atoms with Crippen LogP contribution >= 0.6 is 0 Å². The Morgan fingerprint density at radius 1 is 0.842 bits per heavy atom. The molecule has 0 aromatic heterocycles. The largest absolute Gasteiger partial charge is 0.375 e. The predicted molar refractivity (Wildman–Crippen MR) is 80.5 cm³/mol. The molecular weight excluding hydrogens is 236 g/mol.